The molecule has 0 heterocycles. The van der Waals surface area contributed by atoms with Gasteiger partial charge < -0.3 is 10.2 Å². The van der Waals surface area contributed by atoms with E-state index in [-0.39, 0.29) is 29.8 Å². The Morgan fingerprint density at radius 1 is 0.848 bits per heavy atom. The molecule has 0 saturated carbocycles. The average molecular weight is 681 g/mol. The lowest BCUT2D eigenvalue weighted by Gasteiger charge is -2.35. The molecule has 0 spiro atoms. The Bertz CT molecular complexity index is 1750. The van der Waals surface area contributed by atoms with Gasteiger partial charge in [0.25, 0.3) is 10.0 Å². The first-order valence-electron chi connectivity index (χ1n) is 15.1. The van der Waals surface area contributed by atoms with E-state index >= 15 is 0 Å². The maximum absolute atomic E-state index is 14.7. The molecule has 242 valence electrons. The number of anilines is 1. The van der Waals surface area contributed by atoms with Crippen LogP contribution in [-0.2, 0) is 32.6 Å². The minimum atomic E-state index is -4.21. The van der Waals surface area contributed by atoms with Crippen molar-refractivity contribution in [3.05, 3.63) is 129 Å². The summed E-state index contributed by atoms with van der Waals surface area (Å²) in [4.78, 5) is 30.1. The Morgan fingerprint density at radius 2 is 1.46 bits per heavy atom. The van der Waals surface area contributed by atoms with E-state index in [0.717, 1.165) is 15.4 Å². The highest BCUT2D eigenvalue weighted by molar-refractivity contribution is 7.92. The lowest BCUT2D eigenvalue weighted by Crippen LogP contribution is -2.54. The molecule has 4 aromatic rings. The van der Waals surface area contributed by atoms with Crippen molar-refractivity contribution in [2.24, 2.45) is 0 Å². The van der Waals surface area contributed by atoms with E-state index in [1.165, 1.54) is 17.0 Å². The molecule has 0 aliphatic carbocycles. The van der Waals surface area contributed by atoms with Crippen molar-refractivity contribution < 1.29 is 18.0 Å². The van der Waals surface area contributed by atoms with Crippen molar-refractivity contribution in [3.8, 4) is 0 Å². The number of hydrogen-bond acceptors (Lipinski definition) is 4. The van der Waals surface area contributed by atoms with E-state index in [9.17, 15) is 18.0 Å². The Balaban J connectivity index is 1.87. The Labute approximate surface area is 282 Å². The van der Waals surface area contributed by atoms with Crippen LogP contribution in [0.3, 0.4) is 0 Å². The maximum atomic E-state index is 14.7. The number of carbonyl (C=O) groups is 2. The van der Waals surface area contributed by atoms with Crippen molar-refractivity contribution in [2.45, 2.75) is 64.1 Å². The number of hydrogen-bond donors (Lipinski definition) is 1. The van der Waals surface area contributed by atoms with E-state index in [4.69, 9.17) is 23.2 Å². The van der Waals surface area contributed by atoms with Gasteiger partial charge in [0.2, 0.25) is 11.8 Å². The quantitative estimate of drug-likeness (QED) is 0.160. The highest BCUT2D eigenvalue weighted by Crippen LogP contribution is 2.30. The molecule has 0 fully saturated rings. The highest BCUT2D eigenvalue weighted by Gasteiger charge is 2.36. The monoisotopic (exact) mass is 679 g/mol. The second kappa shape index (κ2) is 15.6. The minimum Gasteiger partial charge on any atom is -0.352 e. The molecule has 0 radical (unpaired) electrons. The van der Waals surface area contributed by atoms with Crippen molar-refractivity contribution in [3.63, 3.8) is 0 Å². The van der Waals surface area contributed by atoms with Gasteiger partial charge in [0, 0.05) is 34.6 Å². The van der Waals surface area contributed by atoms with Crippen LogP contribution < -0.4 is 9.62 Å². The largest absolute Gasteiger partial charge is 0.352 e. The third kappa shape index (κ3) is 8.49. The zero-order chi connectivity index (χ0) is 33.4. The summed E-state index contributed by atoms with van der Waals surface area (Å²) in [5.41, 5.74) is 3.16. The lowest BCUT2D eigenvalue weighted by atomic mass is 10.0. The summed E-state index contributed by atoms with van der Waals surface area (Å²) in [5, 5.41) is 3.68. The van der Waals surface area contributed by atoms with Crippen molar-refractivity contribution >= 4 is 50.7 Å². The third-order valence-electron chi connectivity index (χ3n) is 7.91. The zero-order valence-electron chi connectivity index (χ0n) is 26.4. The first-order chi connectivity index (χ1) is 21.9. The molecule has 0 bridgehead atoms. The van der Waals surface area contributed by atoms with E-state index in [0.29, 0.717) is 33.3 Å². The number of sulfonamides is 1. The molecular weight excluding hydrogens is 641 g/mol. The molecule has 0 aliphatic heterocycles. The fraction of sp³-hybridized carbons (Fsp3) is 0.278. The molecule has 4 aromatic carbocycles. The van der Waals surface area contributed by atoms with Gasteiger partial charge >= 0.3 is 0 Å². The molecule has 0 aliphatic rings. The van der Waals surface area contributed by atoms with Crippen LogP contribution in [0, 0.1) is 13.8 Å². The molecule has 4 rings (SSSR count). The van der Waals surface area contributed by atoms with Gasteiger partial charge in [-0.2, -0.15) is 0 Å². The fourth-order valence-electron chi connectivity index (χ4n) is 5.07. The number of nitrogens with zero attached hydrogens (tertiary/aromatic N) is 2. The summed E-state index contributed by atoms with van der Waals surface area (Å²) >= 11 is 13.2. The topological polar surface area (TPSA) is 86.8 Å². The van der Waals surface area contributed by atoms with Crippen molar-refractivity contribution in [1.82, 2.24) is 10.2 Å². The molecule has 0 saturated heterocycles. The average Bonchev–Trinajstić information content (AvgIpc) is 3.04. The first kappa shape index (κ1) is 35.0. The molecular formula is C36H39Cl2N3O4S. The Hall–Kier alpha value is -3.85. The Morgan fingerprint density at radius 3 is 2.07 bits per heavy atom. The van der Waals surface area contributed by atoms with Crippen molar-refractivity contribution in [1.29, 1.82) is 0 Å². The van der Waals surface area contributed by atoms with Gasteiger partial charge in [0.05, 0.1) is 10.6 Å². The first-order valence-corrected chi connectivity index (χ1v) is 17.3. The summed E-state index contributed by atoms with van der Waals surface area (Å²) in [6.07, 6.45) is 0.871. The Kier molecular flexibility index (Phi) is 11.9. The van der Waals surface area contributed by atoms with E-state index < -0.39 is 28.5 Å². The predicted octanol–water partition coefficient (Wildman–Crippen LogP) is 7.36. The molecule has 46 heavy (non-hydrogen) atoms. The van der Waals surface area contributed by atoms with Gasteiger partial charge in [-0.15, -0.1) is 0 Å². The van der Waals surface area contributed by atoms with Gasteiger partial charge in [0.15, 0.2) is 0 Å². The predicted molar refractivity (Wildman–Crippen MR) is 186 cm³/mol. The molecule has 7 nitrogen and oxygen atoms in total. The fourth-order valence-corrected chi connectivity index (χ4v) is 7.08. The SMILES string of the molecule is CC[C@@H](C)NC(=O)[C@H](Cc1ccccc1)N(Cc1c(Cl)cccc1Cl)C(=O)CN(c1cc(C)ccc1C)S(=O)(=O)c1ccccc1. The summed E-state index contributed by atoms with van der Waals surface area (Å²) in [6, 6.07) is 26.7. The van der Waals surface area contributed by atoms with Crippen LogP contribution in [0.1, 0.15) is 42.5 Å². The van der Waals surface area contributed by atoms with Crippen LogP contribution in [-0.4, -0.2) is 43.8 Å². The smallest absolute Gasteiger partial charge is 0.264 e. The van der Waals surface area contributed by atoms with Gasteiger partial charge in [-0.1, -0.05) is 96.9 Å². The van der Waals surface area contributed by atoms with Gasteiger partial charge in [0.1, 0.15) is 12.6 Å². The number of rotatable bonds is 13. The number of benzene rings is 4. The summed E-state index contributed by atoms with van der Waals surface area (Å²) < 4.78 is 29.6. The van der Waals surface area contributed by atoms with E-state index in [2.05, 4.69) is 5.32 Å². The molecule has 1 N–H and O–H groups in total. The molecule has 2 amide bonds. The molecule has 10 heteroatoms. The maximum Gasteiger partial charge on any atom is 0.264 e. The standard InChI is InChI=1S/C36H39Cl2N3O4S/c1-5-27(4)39-36(43)34(22-28-13-8-6-9-14-28)40(23-30-31(37)17-12-18-32(30)38)35(42)24-41(33-21-25(2)19-20-26(33)3)46(44,45)29-15-10-7-11-16-29/h6-21,27,34H,5,22-24H2,1-4H3,(H,39,43)/t27-,34+/m1/s1. The second-order valence-corrected chi connectivity index (χ2v) is 14.0. The van der Waals surface area contributed by atoms with Crippen molar-refractivity contribution in [2.75, 3.05) is 10.8 Å². The van der Waals surface area contributed by atoms with Crippen LogP contribution in [0.25, 0.3) is 0 Å². The van der Waals surface area contributed by atoms with Crippen LogP contribution in [0.15, 0.2) is 102 Å². The van der Waals surface area contributed by atoms with Crippen LogP contribution >= 0.6 is 23.2 Å². The normalized spacial score (nSPS) is 12.7. The summed E-state index contributed by atoms with van der Waals surface area (Å²) in [7, 11) is -4.21. The minimum absolute atomic E-state index is 0.0414. The summed E-state index contributed by atoms with van der Waals surface area (Å²) in [6.45, 7) is 6.83. The van der Waals surface area contributed by atoms with Gasteiger partial charge in [-0.05, 0) is 74.2 Å². The number of aryl methyl sites for hydroxylation is 2. The molecule has 0 unspecified atom stereocenters. The molecule has 2 atom stereocenters. The lowest BCUT2D eigenvalue weighted by molar-refractivity contribution is -0.140. The van der Waals surface area contributed by atoms with Gasteiger partial charge in [-0.3, -0.25) is 13.9 Å². The van der Waals surface area contributed by atoms with Crippen LogP contribution in [0.2, 0.25) is 10.0 Å². The van der Waals surface area contributed by atoms with Crippen LogP contribution in [0.5, 0.6) is 0 Å². The molecule has 0 aromatic heterocycles. The highest BCUT2D eigenvalue weighted by atomic mass is 35.5. The second-order valence-electron chi connectivity index (χ2n) is 11.4. The number of halogens is 2. The van der Waals surface area contributed by atoms with Crippen LogP contribution in [0.4, 0.5) is 5.69 Å². The third-order valence-corrected chi connectivity index (χ3v) is 10.4. The number of amides is 2. The zero-order valence-corrected chi connectivity index (χ0v) is 28.7. The summed E-state index contributed by atoms with van der Waals surface area (Å²) in [5.74, 6) is -0.949. The van der Waals surface area contributed by atoms with E-state index in [1.807, 2.05) is 63.2 Å². The number of carbonyl (C=O) groups excluding carboxylic acids is 2. The number of nitrogens with one attached hydrogen (secondary N) is 1. The van der Waals surface area contributed by atoms with Gasteiger partial charge in [-0.25, -0.2) is 8.42 Å². The van der Waals surface area contributed by atoms with E-state index in [1.54, 1.807) is 49.4 Å².